The molecule has 0 bridgehead atoms. The van der Waals surface area contributed by atoms with Crippen molar-refractivity contribution in [3.8, 4) is 0 Å². The highest BCUT2D eigenvalue weighted by atomic mass is 16.5. The summed E-state index contributed by atoms with van der Waals surface area (Å²) >= 11 is 0. The molecule has 0 spiro atoms. The van der Waals surface area contributed by atoms with Crippen molar-refractivity contribution in [3.63, 3.8) is 0 Å². The largest absolute Gasteiger partial charge is 0.465 e. The highest BCUT2D eigenvalue weighted by Gasteiger charge is 2.05. The summed E-state index contributed by atoms with van der Waals surface area (Å²) < 4.78 is 4.54. The molecule has 0 fully saturated rings. The van der Waals surface area contributed by atoms with E-state index in [2.05, 4.69) is 9.89 Å². The molecule has 0 heterocycles. The first kappa shape index (κ1) is 10.2. The Kier molecular flexibility index (Phi) is 3.23. The maximum Gasteiger partial charge on any atom is 0.337 e. The van der Waals surface area contributed by atoms with Gasteiger partial charge in [-0.2, -0.15) is 0 Å². The van der Waals surface area contributed by atoms with E-state index >= 15 is 0 Å². The lowest BCUT2D eigenvalue weighted by molar-refractivity contribution is 0.0601. The summed E-state index contributed by atoms with van der Waals surface area (Å²) in [5.74, 6) is -0.379. The molecule has 0 amide bonds. The lowest BCUT2D eigenvalue weighted by Crippen LogP contribution is -2.02. The Labute approximate surface area is 81.8 Å². The minimum Gasteiger partial charge on any atom is -0.465 e. The Morgan fingerprint density at radius 1 is 1.29 bits per heavy atom. The van der Waals surface area contributed by atoms with Crippen LogP contribution >= 0.6 is 0 Å². The van der Waals surface area contributed by atoms with Gasteiger partial charge >= 0.3 is 5.97 Å². The molecule has 1 aromatic rings. The van der Waals surface area contributed by atoms with Gasteiger partial charge in [0.1, 0.15) is 0 Å². The molecule has 14 heavy (non-hydrogen) atoms. The molecular weight excluding hydrogens is 182 g/mol. The van der Waals surface area contributed by atoms with Gasteiger partial charge in [-0.05, 0) is 24.6 Å². The molecule has 1 rings (SSSR count). The molecule has 0 aromatic heterocycles. The van der Waals surface area contributed by atoms with Crippen molar-refractivity contribution in [1.29, 1.82) is 0 Å². The molecule has 1 N–H and O–H groups in total. The Bertz CT molecular complexity index is 354. The van der Waals surface area contributed by atoms with Crippen molar-refractivity contribution in [2.75, 3.05) is 7.11 Å². The summed E-state index contributed by atoms with van der Waals surface area (Å²) in [7, 11) is 1.33. The molecule has 0 aliphatic heterocycles. The number of oxime groups is 1. The fraction of sp³-hybridized carbons (Fsp3) is 0.200. The van der Waals surface area contributed by atoms with Crippen molar-refractivity contribution in [3.05, 3.63) is 35.4 Å². The van der Waals surface area contributed by atoms with E-state index in [1.54, 1.807) is 31.2 Å². The molecule has 0 radical (unpaired) electrons. The van der Waals surface area contributed by atoms with Crippen molar-refractivity contribution < 1.29 is 14.7 Å². The monoisotopic (exact) mass is 193 g/mol. The van der Waals surface area contributed by atoms with Crippen molar-refractivity contribution >= 4 is 11.7 Å². The third-order valence-corrected chi connectivity index (χ3v) is 1.87. The smallest absolute Gasteiger partial charge is 0.337 e. The maximum absolute atomic E-state index is 11.1. The zero-order valence-electron chi connectivity index (χ0n) is 8.02. The predicted molar refractivity (Wildman–Crippen MR) is 51.8 cm³/mol. The first-order valence-corrected chi connectivity index (χ1v) is 4.06. The summed E-state index contributed by atoms with van der Waals surface area (Å²) in [6.45, 7) is 1.67. The Hall–Kier alpha value is -1.84. The van der Waals surface area contributed by atoms with Gasteiger partial charge in [-0.3, -0.25) is 0 Å². The molecule has 0 unspecified atom stereocenters. The van der Waals surface area contributed by atoms with E-state index in [0.717, 1.165) is 5.56 Å². The Morgan fingerprint density at radius 2 is 1.79 bits per heavy atom. The Morgan fingerprint density at radius 3 is 2.21 bits per heavy atom. The van der Waals surface area contributed by atoms with Crippen LogP contribution in [-0.4, -0.2) is 24.0 Å². The van der Waals surface area contributed by atoms with Crippen LogP contribution in [0.15, 0.2) is 29.4 Å². The van der Waals surface area contributed by atoms with Crippen molar-refractivity contribution in [2.45, 2.75) is 6.92 Å². The van der Waals surface area contributed by atoms with Crippen LogP contribution in [0.25, 0.3) is 0 Å². The molecular formula is C10H11NO3. The van der Waals surface area contributed by atoms with Crippen LogP contribution in [0, 0.1) is 0 Å². The van der Waals surface area contributed by atoms with E-state index in [0.29, 0.717) is 11.3 Å². The van der Waals surface area contributed by atoms with E-state index in [1.165, 1.54) is 7.11 Å². The van der Waals surface area contributed by atoms with Gasteiger partial charge in [-0.15, -0.1) is 0 Å². The van der Waals surface area contributed by atoms with Crippen LogP contribution in [-0.2, 0) is 4.74 Å². The molecule has 0 saturated heterocycles. The van der Waals surface area contributed by atoms with Gasteiger partial charge in [0.25, 0.3) is 0 Å². The van der Waals surface area contributed by atoms with Crippen LogP contribution in [0.5, 0.6) is 0 Å². The maximum atomic E-state index is 11.1. The summed E-state index contributed by atoms with van der Waals surface area (Å²) in [6, 6.07) is 6.63. The van der Waals surface area contributed by atoms with Gasteiger partial charge in [-0.1, -0.05) is 17.3 Å². The second kappa shape index (κ2) is 4.41. The molecule has 74 valence electrons. The second-order valence-corrected chi connectivity index (χ2v) is 2.75. The number of benzene rings is 1. The summed E-state index contributed by atoms with van der Waals surface area (Å²) in [5.41, 5.74) is 1.74. The number of esters is 1. The Balaban J connectivity index is 2.95. The summed E-state index contributed by atoms with van der Waals surface area (Å²) in [6.07, 6.45) is 0. The van der Waals surface area contributed by atoms with Crippen LogP contribution in [0.4, 0.5) is 0 Å². The molecule has 4 heteroatoms. The van der Waals surface area contributed by atoms with Crippen molar-refractivity contribution in [1.82, 2.24) is 0 Å². The van der Waals surface area contributed by atoms with Gasteiger partial charge in [0.2, 0.25) is 0 Å². The summed E-state index contributed by atoms with van der Waals surface area (Å²) in [5, 5.41) is 11.6. The highest BCUT2D eigenvalue weighted by molar-refractivity contribution is 5.99. The normalized spacial score (nSPS) is 11.1. The SMILES string of the molecule is COC(=O)c1ccc(C(C)=NO)cc1. The van der Waals surface area contributed by atoms with E-state index in [-0.39, 0.29) is 5.97 Å². The number of rotatable bonds is 2. The molecule has 4 nitrogen and oxygen atoms in total. The molecule has 1 aromatic carbocycles. The highest BCUT2D eigenvalue weighted by Crippen LogP contribution is 2.06. The van der Waals surface area contributed by atoms with E-state index in [9.17, 15) is 4.79 Å². The van der Waals surface area contributed by atoms with E-state index in [4.69, 9.17) is 5.21 Å². The molecule has 0 atom stereocenters. The van der Waals surface area contributed by atoms with Crippen molar-refractivity contribution in [2.24, 2.45) is 5.16 Å². The number of carbonyl (C=O) groups is 1. The molecule has 0 aliphatic carbocycles. The first-order chi connectivity index (χ1) is 6.69. The zero-order valence-corrected chi connectivity index (χ0v) is 8.02. The van der Waals surface area contributed by atoms with E-state index in [1.807, 2.05) is 0 Å². The number of methoxy groups -OCH3 is 1. The quantitative estimate of drug-likeness (QED) is 0.336. The third-order valence-electron chi connectivity index (χ3n) is 1.87. The van der Waals surface area contributed by atoms with Crippen LogP contribution < -0.4 is 0 Å². The minimum atomic E-state index is -0.379. The lowest BCUT2D eigenvalue weighted by Gasteiger charge is -2.00. The zero-order chi connectivity index (χ0) is 10.6. The van der Waals surface area contributed by atoms with Crippen LogP contribution in [0.2, 0.25) is 0 Å². The number of ether oxygens (including phenoxy) is 1. The van der Waals surface area contributed by atoms with Gasteiger partial charge < -0.3 is 9.94 Å². The first-order valence-electron chi connectivity index (χ1n) is 4.06. The minimum absolute atomic E-state index is 0.379. The van der Waals surface area contributed by atoms with Gasteiger partial charge in [0, 0.05) is 0 Å². The number of carbonyl (C=O) groups excluding carboxylic acids is 1. The number of nitrogens with zero attached hydrogens (tertiary/aromatic N) is 1. The van der Waals surface area contributed by atoms with Gasteiger partial charge in [-0.25, -0.2) is 4.79 Å². The molecule has 0 saturated carbocycles. The van der Waals surface area contributed by atoms with Crippen LogP contribution in [0.1, 0.15) is 22.8 Å². The van der Waals surface area contributed by atoms with Gasteiger partial charge in [0.05, 0.1) is 18.4 Å². The van der Waals surface area contributed by atoms with Crippen LogP contribution in [0.3, 0.4) is 0 Å². The number of hydrogen-bond acceptors (Lipinski definition) is 4. The average Bonchev–Trinajstić information content (AvgIpc) is 2.27. The fourth-order valence-corrected chi connectivity index (χ4v) is 1.02. The third kappa shape index (κ3) is 2.10. The predicted octanol–water partition coefficient (Wildman–Crippen LogP) is 1.67. The summed E-state index contributed by atoms with van der Waals surface area (Å²) in [4.78, 5) is 11.1. The number of hydrogen-bond donors (Lipinski definition) is 1. The second-order valence-electron chi connectivity index (χ2n) is 2.75. The fourth-order valence-electron chi connectivity index (χ4n) is 1.02. The standard InChI is InChI=1S/C10H11NO3/c1-7(11-13)8-3-5-9(6-4-8)10(12)14-2/h3-6,13H,1-2H3. The average molecular weight is 193 g/mol. The van der Waals surface area contributed by atoms with Gasteiger partial charge in [0.15, 0.2) is 0 Å². The molecule has 0 aliphatic rings. The van der Waals surface area contributed by atoms with E-state index < -0.39 is 0 Å². The topological polar surface area (TPSA) is 58.9 Å². The lowest BCUT2D eigenvalue weighted by atomic mass is 10.1.